The summed E-state index contributed by atoms with van der Waals surface area (Å²) in [6, 6.07) is 15.0. The first-order valence-electron chi connectivity index (χ1n) is 8.10. The van der Waals surface area contributed by atoms with E-state index in [1.165, 1.54) is 16.5 Å². The fraction of sp³-hybridized carbons (Fsp3) is 0.263. The molecule has 116 valence electrons. The van der Waals surface area contributed by atoms with Gasteiger partial charge in [-0.15, -0.1) is 0 Å². The Kier molecular flexibility index (Phi) is 3.90. The number of anilines is 1. The summed E-state index contributed by atoms with van der Waals surface area (Å²) < 4.78 is 0. The Balaban J connectivity index is 1.44. The van der Waals surface area contributed by atoms with Gasteiger partial charge in [0, 0.05) is 60.7 Å². The van der Waals surface area contributed by atoms with Gasteiger partial charge in [-0.25, -0.2) is 0 Å². The third-order valence-corrected chi connectivity index (χ3v) is 4.42. The van der Waals surface area contributed by atoms with Crippen LogP contribution in [0.1, 0.15) is 12.1 Å². The average Bonchev–Trinajstić information content (AvgIpc) is 3.03. The molecule has 1 N–H and O–H groups in total. The molecule has 0 radical (unpaired) electrons. The molecule has 3 aromatic rings. The normalized spacial score (nSPS) is 18.3. The minimum atomic E-state index is 0.484. The average molecular weight is 304 g/mol. The summed E-state index contributed by atoms with van der Waals surface area (Å²) in [5.41, 5.74) is 2.35. The van der Waals surface area contributed by atoms with Crippen LogP contribution in [-0.2, 0) is 6.54 Å². The zero-order valence-corrected chi connectivity index (χ0v) is 13.0. The van der Waals surface area contributed by atoms with E-state index in [0.29, 0.717) is 6.04 Å². The summed E-state index contributed by atoms with van der Waals surface area (Å²) in [7, 11) is 0. The molecule has 0 aliphatic carbocycles. The molecule has 1 unspecified atom stereocenters. The van der Waals surface area contributed by atoms with Gasteiger partial charge < -0.3 is 5.32 Å². The van der Waals surface area contributed by atoms with Crippen LogP contribution >= 0.6 is 0 Å². The Morgan fingerprint density at radius 3 is 3.00 bits per heavy atom. The lowest BCUT2D eigenvalue weighted by Gasteiger charge is -2.18. The molecule has 2 aromatic heterocycles. The molecule has 4 rings (SSSR count). The summed E-state index contributed by atoms with van der Waals surface area (Å²) in [6.07, 6.45) is 6.80. The number of nitrogens with one attached hydrogen (secondary N) is 1. The highest BCUT2D eigenvalue weighted by molar-refractivity contribution is 5.93. The van der Waals surface area contributed by atoms with Gasteiger partial charge in [-0.3, -0.25) is 14.9 Å². The Labute approximate surface area is 136 Å². The lowest BCUT2D eigenvalue weighted by atomic mass is 10.1. The van der Waals surface area contributed by atoms with Crippen molar-refractivity contribution in [1.82, 2.24) is 14.9 Å². The summed E-state index contributed by atoms with van der Waals surface area (Å²) in [4.78, 5) is 11.1. The Morgan fingerprint density at radius 1 is 1.09 bits per heavy atom. The van der Waals surface area contributed by atoms with Gasteiger partial charge in [0.15, 0.2) is 0 Å². The van der Waals surface area contributed by atoms with E-state index >= 15 is 0 Å². The highest BCUT2D eigenvalue weighted by Gasteiger charge is 2.22. The first-order chi connectivity index (χ1) is 11.4. The minimum absolute atomic E-state index is 0.484. The molecule has 0 amide bonds. The van der Waals surface area contributed by atoms with Crippen molar-refractivity contribution in [1.29, 1.82) is 0 Å². The number of pyridine rings is 2. The molecule has 1 aromatic carbocycles. The third-order valence-electron chi connectivity index (χ3n) is 4.42. The summed E-state index contributed by atoms with van der Waals surface area (Å²) in [5, 5.41) is 6.13. The topological polar surface area (TPSA) is 41.0 Å². The second-order valence-corrected chi connectivity index (χ2v) is 6.09. The molecule has 1 fully saturated rings. The molecule has 4 heteroatoms. The van der Waals surface area contributed by atoms with E-state index in [1.54, 1.807) is 0 Å². The Hall–Kier alpha value is -2.46. The molecule has 3 heterocycles. The van der Waals surface area contributed by atoms with Crippen LogP contribution in [-0.4, -0.2) is 34.0 Å². The minimum Gasteiger partial charge on any atom is -0.380 e. The fourth-order valence-corrected chi connectivity index (χ4v) is 3.28. The van der Waals surface area contributed by atoms with Crippen molar-refractivity contribution in [2.75, 3.05) is 18.4 Å². The van der Waals surface area contributed by atoms with E-state index < -0.39 is 0 Å². The number of nitrogens with zero attached hydrogens (tertiary/aromatic N) is 3. The number of hydrogen-bond acceptors (Lipinski definition) is 4. The Morgan fingerprint density at radius 2 is 2.09 bits per heavy atom. The first-order valence-corrected chi connectivity index (χ1v) is 8.10. The zero-order valence-electron chi connectivity index (χ0n) is 13.0. The van der Waals surface area contributed by atoms with Gasteiger partial charge in [-0.2, -0.15) is 0 Å². The number of fused-ring (bicyclic) bond motifs is 1. The highest BCUT2D eigenvalue weighted by atomic mass is 15.2. The van der Waals surface area contributed by atoms with E-state index in [-0.39, 0.29) is 0 Å². The molecule has 0 saturated carbocycles. The van der Waals surface area contributed by atoms with E-state index in [9.17, 15) is 0 Å². The smallest absolute Gasteiger partial charge is 0.0543 e. The highest BCUT2D eigenvalue weighted by Crippen LogP contribution is 2.25. The molecule has 0 bridgehead atoms. The maximum Gasteiger partial charge on any atom is 0.0543 e. The first kappa shape index (κ1) is 14.2. The van der Waals surface area contributed by atoms with Crippen molar-refractivity contribution in [3.8, 4) is 0 Å². The molecule has 1 atom stereocenters. The van der Waals surface area contributed by atoms with Gasteiger partial charge in [-0.05, 0) is 30.7 Å². The second-order valence-electron chi connectivity index (χ2n) is 6.09. The fourth-order valence-electron chi connectivity index (χ4n) is 3.28. The monoisotopic (exact) mass is 304 g/mol. The molecule has 23 heavy (non-hydrogen) atoms. The van der Waals surface area contributed by atoms with Crippen LogP contribution < -0.4 is 5.32 Å². The summed E-state index contributed by atoms with van der Waals surface area (Å²) in [5.74, 6) is 0. The van der Waals surface area contributed by atoms with Crippen LogP contribution in [0.4, 0.5) is 5.69 Å². The van der Waals surface area contributed by atoms with Crippen LogP contribution in [0, 0.1) is 0 Å². The van der Waals surface area contributed by atoms with Gasteiger partial charge in [0.1, 0.15) is 0 Å². The molecule has 0 spiro atoms. The van der Waals surface area contributed by atoms with Crippen LogP contribution in [0.2, 0.25) is 0 Å². The number of hydrogen-bond donors (Lipinski definition) is 1. The molecule has 4 nitrogen and oxygen atoms in total. The predicted octanol–water partition coefficient (Wildman–Crippen LogP) is 3.32. The van der Waals surface area contributed by atoms with Crippen molar-refractivity contribution in [3.05, 3.63) is 66.7 Å². The van der Waals surface area contributed by atoms with Crippen molar-refractivity contribution in [2.24, 2.45) is 0 Å². The van der Waals surface area contributed by atoms with Crippen LogP contribution in [0.3, 0.4) is 0 Å². The van der Waals surface area contributed by atoms with Gasteiger partial charge in [0.2, 0.25) is 0 Å². The van der Waals surface area contributed by atoms with Crippen LogP contribution in [0.15, 0.2) is 61.1 Å². The molecular weight excluding hydrogens is 284 g/mol. The third kappa shape index (κ3) is 3.17. The quantitative estimate of drug-likeness (QED) is 0.803. The van der Waals surface area contributed by atoms with Crippen molar-refractivity contribution >= 4 is 16.5 Å². The van der Waals surface area contributed by atoms with Crippen molar-refractivity contribution in [3.63, 3.8) is 0 Å². The van der Waals surface area contributed by atoms with Gasteiger partial charge in [0.05, 0.1) is 5.69 Å². The predicted molar refractivity (Wildman–Crippen MR) is 93.3 cm³/mol. The van der Waals surface area contributed by atoms with Crippen molar-refractivity contribution < 1.29 is 0 Å². The SMILES string of the molecule is c1ccc(CN2CCC(Nc3cccc4cnccc34)C2)nc1. The summed E-state index contributed by atoms with van der Waals surface area (Å²) >= 11 is 0. The molecule has 1 aliphatic rings. The summed E-state index contributed by atoms with van der Waals surface area (Å²) in [6.45, 7) is 3.09. The standard InChI is InChI=1S/C19H20N4/c1-2-9-21-16(5-1)13-23-11-8-17(14-23)22-19-6-3-4-15-12-20-10-7-18(15)19/h1-7,9-10,12,17,22H,8,11,13-14H2. The van der Waals surface area contributed by atoms with E-state index in [2.05, 4.69) is 56.6 Å². The second kappa shape index (κ2) is 6.34. The van der Waals surface area contributed by atoms with Crippen molar-refractivity contribution in [2.45, 2.75) is 19.0 Å². The van der Waals surface area contributed by atoms with E-state index in [4.69, 9.17) is 0 Å². The van der Waals surface area contributed by atoms with Crippen LogP contribution in [0.25, 0.3) is 10.8 Å². The molecular formula is C19H20N4. The number of rotatable bonds is 4. The number of likely N-dealkylation sites (tertiary alicyclic amines) is 1. The lowest BCUT2D eigenvalue weighted by Crippen LogP contribution is -2.26. The number of aromatic nitrogens is 2. The molecule has 1 saturated heterocycles. The maximum atomic E-state index is 4.42. The number of benzene rings is 1. The van der Waals surface area contributed by atoms with Gasteiger partial charge in [-0.1, -0.05) is 18.2 Å². The van der Waals surface area contributed by atoms with E-state index in [0.717, 1.165) is 31.7 Å². The largest absolute Gasteiger partial charge is 0.380 e. The van der Waals surface area contributed by atoms with Gasteiger partial charge >= 0.3 is 0 Å². The zero-order chi connectivity index (χ0) is 15.5. The maximum absolute atomic E-state index is 4.42. The lowest BCUT2D eigenvalue weighted by molar-refractivity contribution is 0.324. The van der Waals surface area contributed by atoms with E-state index in [1.807, 2.05) is 24.7 Å². The van der Waals surface area contributed by atoms with Gasteiger partial charge in [0.25, 0.3) is 0 Å². The van der Waals surface area contributed by atoms with Crippen LogP contribution in [0.5, 0.6) is 0 Å². The molecule has 1 aliphatic heterocycles. The Bertz CT molecular complexity index is 782.